The SMILES string of the molecule is COCc1noc(CCNC(=O)c2ccc([C@H]3CCCO3)s2)n1. The predicted octanol–water partition coefficient (Wildman–Crippen LogP) is 2.10. The second-order valence-corrected chi connectivity index (χ2v) is 6.36. The van der Waals surface area contributed by atoms with E-state index in [9.17, 15) is 4.79 Å². The lowest BCUT2D eigenvalue weighted by Crippen LogP contribution is -2.24. The van der Waals surface area contributed by atoms with E-state index in [0.717, 1.165) is 24.3 Å². The van der Waals surface area contributed by atoms with Gasteiger partial charge in [-0.3, -0.25) is 4.79 Å². The van der Waals surface area contributed by atoms with Crippen LogP contribution in [0.5, 0.6) is 0 Å². The maximum atomic E-state index is 12.1. The molecule has 7 nitrogen and oxygen atoms in total. The molecule has 0 radical (unpaired) electrons. The van der Waals surface area contributed by atoms with E-state index in [1.54, 1.807) is 7.11 Å². The van der Waals surface area contributed by atoms with Crippen molar-refractivity contribution < 1.29 is 18.8 Å². The summed E-state index contributed by atoms with van der Waals surface area (Å²) in [6, 6.07) is 3.82. The van der Waals surface area contributed by atoms with Crippen molar-refractivity contribution in [2.24, 2.45) is 0 Å². The van der Waals surface area contributed by atoms with Gasteiger partial charge in [0.2, 0.25) is 5.89 Å². The van der Waals surface area contributed by atoms with Crippen LogP contribution < -0.4 is 5.32 Å². The molecule has 3 rings (SSSR count). The van der Waals surface area contributed by atoms with Gasteiger partial charge in [-0.2, -0.15) is 4.98 Å². The van der Waals surface area contributed by atoms with Crippen LogP contribution in [0.4, 0.5) is 0 Å². The first-order valence-corrected chi connectivity index (χ1v) is 8.38. The van der Waals surface area contributed by atoms with Gasteiger partial charge in [0.1, 0.15) is 6.61 Å². The van der Waals surface area contributed by atoms with E-state index in [1.807, 2.05) is 12.1 Å². The van der Waals surface area contributed by atoms with Crippen LogP contribution in [-0.4, -0.2) is 36.3 Å². The van der Waals surface area contributed by atoms with E-state index >= 15 is 0 Å². The summed E-state index contributed by atoms with van der Waals surface area (Å²) < 4.78 is 15.6. The minimum atomic E-state index is -0.0872. The Morgan fingerprint density at radius 2 is 2.43 bits per heavy atom. The van der Waals surface area contributed by atoms with Crippen molar-refractivity contribution in [3.63, 3.8) is 0 Å². The first-order valence-electron chi connectivity index (χ1n) is 7.56. The normalized spacial score (nSPS) is 17.5. The van der Waals surface area contributed by atoms with Gasteiger partial charge in [0.05, 0.1) is 11.0 Å². The Kier molecular flexibility index (Phi) is 5.37. The summed E-state index contributed by atoms with van der Waals surface area (Å²) in [5.41, 5.74) is 0. The van der Waals surface area contributed by atoms with E-state index in [2.05, 4.69) is 15.5 Å². The Balaban J connectivity index is 1.47. The molecule has 1 fully saturated rings. The van der Waals surface area contributed by atoms with Gasteiger partial charge in [0, 0.05) is 31.6 Å². The maximum absolute atomic E-state index is 12.1. The third-order valence-corrected chi connectivity index (χ3v) is 4.68. The van der Waals surface area contributed by atoms with E-state index < -0.39 is 0 Å². The van der Waals surface area contributed by atoms with E-state index in [1.165, 1.54) is 11.3 Å². The number of carbonyl (C=O) groups excluding carboxylic acids is 1. The Hall–Kier alpha value is -1.77. The van der Waals surface area contributed by atoms with Crippen molar-refractivity contribution in [3.8, 4) is 0 Å². The number of nitrogens with one attached hydrogen (secondary N) is 1. The molecule has 1 saturated heterocycles. The van der Waals surface area contributed by atoms with Gasteiger partial charge < -0.3 is 19.3 Å². The van der Waals surface area contributed by atoms with Gasteiger partial charge in [-0.25, -0.2) is 0 Å². The number of thiophene rings is 1. The first kappa shape index (κ1) is 16.1. The molecule has 0 bridgehead atoms. The fourth-order valence-electron chi connectivity index (χ4n) is 2.40. The molecule has 1 aliphatic heterocycles. The molecule has 0 aromatic carbocycles. The predicted molar refractivity (Wildman–Crippen MR) is 83.3 cm³/mol. The van der Waals surface area contributed by atoms with Gasteiger partial charge in [0.25, 0.3) is 5.91 Å². The van der Waals surface area contributed by atoms with Crippen LogP contribution in [0, 0.1) is 0 Å². The van der Waals surface area contributed by atoms with Crippen molar-refractivity contribution in [2.75, 3.05) is 20.3 Å². The number of aromatic nitrogens is 2. The van der Waals surface area contributed by atoms with Crippen LogP contribution in [0.25, 0.3) is 0 Å². The lowest BCUT2D eigenvalue weighted by Gasteiger charge is -2.05. The highest BCUT2D eigenvalue weighted by Crippen LogP contribution is 2.33. The van der Waals surface area contributed by atoms with Crippen molar-refractivity contribution in [1.82, 2.24) is 15.5 Å². The smallest absolute Gasteiger partial charge is 0.261 e. The second kappa shape index (κ2) is 7.67. The molecule has 23 heavy (non-hydrogen) atoms. The summed E-state index contributed by atoms with van der Waals surface area (Å²) in [5, 5.41) is 6.64. The molecule has 2 aromatic rings. The molecule has 1 atom stereocenters. The van der Waals surface area contributed by atoms with Crippen LogP contribution in [0.2, 0.25) is 0 Å². The fraction of sp³-hybridized carbons (Fsp3) is 0.533. The van der Waals surface area contributed by atoms with Gasteiger partial charge in [-0.05, 0) is 25.0 Å². The molecule has 124 valence electrons. The molecule has 0 unspecified atom stereocenters. The highest BCUT2D eigenvalue weighted by atomic mass is 32.1. The summed E-state index contributed by atoms with van der Waals surface area (Å²) in [4.78, 5) is 18.1. The molecule has 3 heterocycles. The number of hydrogen-bond acceptors (Lipinski definition) is 7. The summed E-state index contributed by atoms with van der Waals surface area (Å²) >= 11 is 1.49. The molecule has 0 spiro atoms. The standard InChI is InChI=1S/C15H19N3O4S/c1-20-9-13-17-14(22-18-13)6-7-16-15(19)12-5-4-11(23-12)10-3-2-8-21-10/h4-5,10H,2-3,6-9H2,1H3,(H,16,19)/t10-/m1/s1. The lowest BCUT2D eigenvalue weighted by atomic mass is 10.2. The molecule has 0 saturated carbocycles. The first-order chi connectivity index (χ1) is 11.3. The number of ether oxygens (including phenoxy) is 2. The Morgan fingerprint density at radius 1 is 1.52 bits per heavy atom. The van der Waals surface area contributed by atoms with Crippen molar-refractivity contribution in [2.45, 2.75) is 32.0 Å². The van der Waals surface area contributed by atoms with Crippen LogP contribution in [0.15, 0.2) is 16.7 Å². The third kappa shape index (κ3) is 4.15. The number of methoxy groups -OCH3 is 1. The van der Waals surface area contributed by atoms with Gasteiger partial charge in [-0.1, -0.05) is 5.16 Å². The Morgan fingerprint density at radius 3 is 3.22 bits per heavy atom. The summed E-state index contributed by atoms with van der Waals surface area (Å²) in [6.07, 6.45) is 2.76. The van der Waals surface area contributed by atoms with Crippen molar-refractivity contribution in [3.05, 3.63) is 33.6 Å². The highest BCUT2D eigenvalue weighted by Gasteiger charge is 2.20. The molecule has 1 amide bonds. The summed E-state index contributed by atoms with van der Waals surface area (Å²) in [6.45, 7) is 1.57. The fourth-order valence-corrected chi connectivity index (χ4v) is 3.41. The monoisotopic (exact) mass is 337 g/mol. The van der Waals surface area contributed by atoms with Crippen molar-refractivity contribution in [1.29, 1.82) is 0 Å². The topological polar surface area (TPSA) is 86.5 Å². The minimum absolute atomic E-state index is 0.0872. The quantitative estimate of drug-likeness (QED) is 0.832. The Bertz CT molecular complexity index is 649. The zero-order chi connectivity index (χ0) is 16.1. The number of hydrogen-bond donors (Lipinski definition) is 1. The van der Waals surface area contributed by atoms with Crippen LogP contribution in [-0.2, 0) is 22.5 Å². The molecule has 2 aromatic heterocycles. The molecule has 0 aliphatic carbocycles. The van der Waals surface area contributed by atoms with Gasteiger partial charge in [0.15, 0.2) is 5.82 Å². The number of rotatable bonds is 7. The van der Waals surface area contributed by atoms with Gasteiger partial charge in [-0.15, -0.1) is 11.3 Å². The van der Waals surface area contributed by atoms with E-state index in [-0.39, 0.29) is 12.0 Å². The molecule has 1 N–H and O–H groups in total. The van der Waals surface area contributed by atoms with Crippen molar-refractivity contribution >= 4 is 17.2 Å². The molecule has 8 heteroatoms. The summed E-state index contributed by atoms with van der Waals surface area (Å²) in [7, 11) is 1.57. The number of amides is 1. The van der Waals surface area contributed by atoms with E-state index in [0.29, 0.717) is 36.2 Å². The average molecular weight is 337 g/mol. The minimum Gasteiger partial charge on any atom is -0.377 e. The molecular formula is C15H19N3O4S. The zero-order valence-corrected chi connectivity index (χ0v) is 13.7. The van der Waals surface area contributed by atoms with Crippen LogP contribution in [0.1, 0.15) is 45.2 Å². The van der Waals surface area contributed by atoms with Gasteiger partial charge >= 0.3 is 0 Å². The number of nitrogens with zero attached hydrogens (tertiary/aromatic N) is 2. The largest absolute Gasteiger partial charge is 0.377 e. The third-order valence-electron chi connectivity index (χ3n) is 3.51. The van der Waals surface area contributed by atoms with Crippen LogP contribution in [0.3, 0.4) is 0 Å². The molecule has 1 aliphatic rings. The Labute approximate surface area is 138 Å². The summed E-state index contributed by atoms with van der Waals surface area (Å²) in [5.74, 6) is 0.910. The van der Waals surface area contributed by atoms with Crippen LogP contribution >= 0.6 is 11.3 Å². The van der Waals surface area contributed by atoms with E-state index in [4.69, 9.17) is 14.0 Å². The molecular weight excluding hydrogens is 318 g/mol. The average Bonchev–Trinajstić information content (AvgIpc) is 3.29. The zero-order valence-electron chi connectivity index (χ0n) is 12.9. The lowest BCUT2D eigenvalue weighted by molar-refractivity contribution is 0.0957. The highest BCUT2D eigenvalue weighted by molar-refractivity contribution is 7.14. The maximum Gasteiger partial charge on any atom is 0.261 e. The second-order valence-electron chi connectivity index (χ2n) is 5.25. The number of carbonyl (C=O) groups is 1.